The molecule has 0 unspecified atom stereocenters. The number of benzene rings is 2. The van der Waals surface area contributed by atoms with E-state index < -0.39 is 0 Å². The summed E-state index contributed by atoms with van der Waals surface area (Å²) in [7, 11) is 3.28. The fourth-order valence-electron chi connectivity index (χ4n) is 3.49. The minimum Gasteiger partial charge on any atom is -0.497 e. The van der Waals surface area contributed by atoms with Gasteiger partial charge in [-0.25, -0.2) is 0 Å². The summed E-state index contributed by atoms with van der Waals surface area (Å²) in [6.07, 6.45) is 1.01. The van der Waals surface area contributed by atoms with Gasteiger partial charge in [-0.15, -0.1) is 0 Å². The van der Waals surface area contributed by atoms with E-state index in [4.69, 9.17) is 38.0 Å². The largest absolute Gasteiger partial charge is 0.497 e. The molecule has 1 fully saturated rings. The SMILES string of the molecule is COc1cccc(CN(CCCN2CCOCC2)C(=S)Nc2ccc(Cl)c(OC)c2)c1. The molecule has 0 bridgehead atoms. The summed E-state index contributed by atoms with van der Waals surface area (Å²) in [5.74, 6) is 1.45. The van der Waals surface area contributed by atoms with Crippen LogP contribution in [0.3, 0.4) is 0 Å². The summed E-state index contributed by atoms with van der Waals surface area (Å²) in [6, 6.07) is 13.6. The van der Waals surface area contributed by atoms with Crippen molar-refractivity contribution in [1.29, 1.82) is 0 Å². The molecule has 3 rings (SSSR count). The lowest BCUT2D eigenvalue weighted by atomic mass is 10.2. The van der Waals surface area contributed by atoms with Crippen molar-refractivity contribution in [3.8, 4) is 11.5 Å². The molecule has 1 aliphatic heterocycles. The van der Waals surface area contributed by atoms with Crippen molar-refractivity contribution in [3.05, 3.63) is 53.1 Å². The fraction of sp³-hybridized carbons (Fsp3) is 0.435. The summed E-state index contributed by atoms with van der Waals surface area (Å²) in [5.41, 5.74) is 1.98. The second-order valence-corrected chi connectivity index (χ2v) is 8.15. The number of morpholine rings is 1. The van der Waals surface area contributed by atoms with Crippen LogP contribution in [0.2, 0.25) is 5.02 Å². The molecule has 2 aromatic carbocycles. The first kappa shape index (κ1) is 23.6. The van der Waals surface area contributed by atoms with E-state index in [1.807, 2.05) is 30.3 Å². The molecule has 0 atom stereocenters. The van der Waals surface area contributed by atoms with Crippen LogP contribution in [0.4, 0.5) is 5.69 Å². The molecule has 31 heavy (non-hydrogen) atoms. The first-order chi connectivity index (χ1) is 15.1. The molecule has 1 aliphatic rings. The number of halogens is 1. The first-order valence-electron chi connectivity index (χ1n) is 10.4. The van der Waals surface area contributed by atoms with E-state index in [2.05, 4.69) is 21.2 Å². The van der Waals surface area contributed by atoms with Crippen LogP contribution in [0.25, 0.3) is 0 Å². The molecular weight excluding hydrogens is 434 g/mol. The minimum atomic E-state index is 0.567. The van der Waals surface area contributed by atoms with Crippen molar-refractivity contribution < 1.29 is 14.2 Å². The van der Waals surface area contributed by atoms with Gasteiger partial charge >= 0.3 is 0 Å². The number of nitrogens with one attached hydrogen (secondary N) is 1. The lowest BCUT2D eigenvalue weighted by Gasteiger charge is -2.30. The third-order valence-electron chi connectivity index (χ3n) is 5.20. The van der Waals surface area contributed by atoms with Gasteiger partial charge in [0.25, 0.3) is 0 Å². The van der Waals surface area contributed by atoms with Gasteiger partial charge in [-0.05, 0) is 48.5 Å². The van der Waals surface area contributed by atoms with E-state index >= 15 is 0 Å². The average Bonchev–Trinajstić information content (AvgIpc) is 2.80. The second-order valence-electron chi connectivity index (χ2n) is 7.36. The number of hydrogen-bond acceptors (Lipinski definition) is 5. The molecule has 1 heterocycles. The molecule has 6 nitrogen and oxygen atoms in total. The van der Waals surface area contributed by atoms with Gasteiger partial charge in [0, 0.05) is 44.5 Å². The van der Waals surface area contributed by atoms with E-state index in [0.29, 0.717) is 22.4 Å². The Labute approximate surface area is 195 Å². The van der Waals surface area contributed by atoms with Crippen LogP contribution in [0, 0.1) is 0 Å². The first-order valence-corrected chi connectivity index (χ1v) is 11.2. The molecule has 0 aliphatic carbocycles. The van der Waals surface area contributed by atoms with Crippen LogP contribution in [-0.2, 0) is 11.3 Å². The zero-order valence-electron chi connectivity index (χ0n) is 18.1. The number of nitrogens with zero attached hydrogens (tertiary/aromatic N) is 2. The van der Waals surface area contributed by atoms with E-state index in [9.17, 15) is 0 Å². The van der Waals surface area contributed by atoms with Gasteiger partial charge in [-0.3, -0.25) is 4.90 Å². The number of ether oxygens (including phenoxy) is 3. The van der Waals surface area contributed by atoms with Gasteiger partial charge < -0.3 is 24.4 Å². The van der Waals surface area contributed by atoms with E-state index in [-0.39, 0.29) is 0 Å². The maximum atomic E-state index is 6.15. The van der Waals surface area contributed by atoms with Crippen LogP contribution in [-0.4, -0.2) is 68.5 Å². The molecule has 2 aromatic rings. The maximum absolute atomic E-state index is 6.15. The predicted octanol–water partition coefficient (Wildman–Crippen LogP) is 4.28. The van der Waals surface area contributed by atoms with Crippen LogP contribution in [0.5, 0.6) is 11.5 Å². The van der Waals surface area contributed by atoms with Gasteiger partial charge in [0.1, 0.15) is 11.5 Å². The third kappa shape index (κ3) is 7.25. The highest BCUT2D eigenvalue weighted by atomic mass is 35.5. The molecular formula is C23H30ClN3O3S. The number of methoxy groups -OCH3 is 2. The van der Waals surface area contributed by atoms with Gasteiger partial charge in [0.2, 0.25) is 0 Å². The molecule has 0 radical (unpaired) electrons. The quantitative estimate of drug-likeness (QED) is 0.557. The highest BCUT2D eigenvalue weighted by Gasteiger charge is 2.15. The smallest absolute Gasteiger partial charge is 0.173 e. The molecule has 0 amide bonds. The minimum absolute atomic E-state index is 0.567. The monoisotopic (exact) mass is 463 g/mol. The van der Waals surface area contributed by atoms with Crippen molar-refractivity contribution >= 4 is 34.6 Å². The van der Waals surface area contributed by atoms with Gasteiger partial charge in [0.15, 0.2) is 5.11 Å². The lowest BCUT2D eigenvalue weighted by molar-refractivity contribution is 0.0368. The maximum Gasteiger partial charge on any atom is 0.173 e. The standard InChI is InChI=1S/C23H30ClN3O3S/c1-28-20-6-3-5-18(15-20)17-27(10-4-9-26-11-13-30-14-12-26)23(31)25-19-7-8-21(24)22(16-19)29-2/h3,5-8,15-16H,4,9-14,17H2,1-2H3,(H,25,31). The summed E-state index contributed by atoms with van der Waals surface area (Å²) >= 11 is 11.9. The molecule has 0 aromatic heterocycles. The number of rotatable bonds is 9. The molecule has 1 N–H and O–H groups in total. The highest BCUT2D eigenvalue weighted by Crippen LogP contribution is 2.27. The van der Waals surface area contributed by atoms with Crippen molar-refractivity contribution in [3.63, 3.8) is 0 Å². The highest BCUT2D eigenvalue weighted by molar-refractivity contribution is 7.80. The summed E-state index contributed by atoms with van der Waals surface area (Å²) in [4.78, 5) is 4.62. The normalized spacial score (nSPS) is 14.2. The van der Waals surface area contributed by atoms with E-state index in [1.165, 1.54) is 0 Å². The Hall–Kier alpha value is -2.06. The number of hydrogen-bond donors (Lipinski definition) is 1. The second kappa shape index (κ2) is 12.1. The van der Waals surface area contributed by atoms with Gasteiger partial charge in [-0.2, -0.15) is 0 Å². The van der Waals surface area contributed by atoms with Crippen molar-refractivity contribution in [2.24, 2.45) is 0 Å². The zero-order valence-corrected chi connectivity index (χ0v) is 19.7. The summed E-state index contributed by atoms with van der Waals surface area (Å²) in [6.45, 7) is 6.15. The fourth-order valence-corrected chi connectivity index (χ4v) is 3.96. The van der Waals surface area contributed by atoms with Gasteiger partial charge in [-0.1, -0.05) is 23.7 Å². The Morgan fingerprint density at radius 2 is 1.97 bits per heavy atom. The lowest BCUT2D eigenvalue weighted by Crippen LogP contribution is -2.40. The zero-order chi connectivity index (χ0) is 22.1. The Bertz CT molecular complexity index is 862. The van der Waals surface area contributed by atoms with E-state index in [1.54, 1.807) is 20.3 Å². The van der Waals surface area contributed by atoms with Crippen LogP contribution >= 0.6 is 23.8 Å². The summed E-state index contributed by atoms with van der Waals surface area (Å²) < 4.78 is 16.1. The third-order valence-corrected chi connectivity index (χ3v) is 5.88. The number of thiocarbonyl (C=S) groups is 1. The van der Waals surface area contributed by atoms with Crippen molar-refractivity contribution in [2.75, 3.05) is 58.9 Å². The molecule has 168 valence electrons. The summed E-state index contributed by atoms with van der Waals surface area (Å²) in [5, 5.41) is 4.56. The van der Waals surface area contributed by atoms with Crippen molar-refractivity contribution in [1.82, 2.24) is 9.80 Å². The number of anilines is 1. The Balaban J connectivity index is 1.67. The Morgan fingerprint density at radius 1 is 1.16 bits per heavy atom. The van der Waals surface area contributed by atoms with Crippen LogP contribution in [0.15, 0.2) is 42.5 Å². The molecule has 0 saturated carbocycles. The van der Waals surface area contributed by atoms with Crippen LogP contribution < -0.4 is 14.8 Å². The predicted molar refractivity (Wildman–Crippen MR) is 130 cm³/mol. The van der Waals surface area contributed by atoms with E-state index in [0.717, 1.165) is 62.8 Å². The topological polar surface area (TPSA) is 46.2 Å². The average molecular weight is 464 g/mol. The molecule has 8 heteroatoms. The molecule has 1 saturated heterocycles. The molecule has 0 spiro atoms. The van der Waals surface area contributed by atoms with Crippen LogP contribution in [0.1, 0.15) is 12.0 Å². The van der Waals surface area contributed by atoms with Gasteiger partial charge in [0.05, 0.1) is 32.5 Å². The van der Waals surface area contributed by atoms with Crippen molar-refractivity contribution in [2.45, 2.75) is 13.0 Å². The Morgan fingerprint density at radius 3 is 2.71 bits per heavy atom. The Kier molecular flexibility index (Phi) is 9.21.